The summed E-state index contributed by atoms with van der Waals surface area (Å²) in [6, 6.07) is 13.7. The third-order valence-corrected chi connectivity index (χ3v) is 7.55. The molecule has 1 fully saturated rings. The number of esters is 1. The zero-order chi connectivity index (χ0) is 34.4. The summed E-state index contributed by atoms with van der Waals surface area (Å²) in [4.78, 5) is 57.2. The average molecular weight is 636 g/mol. The van der Waals surface area contributed by atoms with Crippen LogP contribution in [-0.2, 0) is 30.3 Å². The Morgan fingerprint density at radius 1 is 0.870 bits per heavy atom. The smallest absolute Gasteiger partial charge is 0.408 e. The second-order valence-corrected chi connectivity index (χ2v) is 15.0. The van der Waals surface area contributed by atoms with Gasteiger partial charge in [0.1, 0.15) is 29.3 Å². The summed E-state index contributed by atoms with van der Waals surface area (Å²) >= 11 is 0. The van der Waals surface area contributed by atoms with Gasteiger partial charge in [-0.1, -0.05) is 80.9 Å². The molecule has 1 aliphatic carbocycles. The number of rotatable bonds is 12. The number of alkyl carbamates (subject to hydrolysis) is 1. The number of carbonyl (C=O) groups is 4. The molecule has 46 heavy (non-hydrogen) atoms. The minimum atomic E-state index is -1.06. The molecule has 0 saturated heterocycles. The van der Waals surface area contributed by atoms with Crippen molar-refractivity contribution < 1.29 is 28.7 Å². The Kier molecular flexibility index (Phi) is 12.0. The first-order valence-corrected chi connectivity index (χ1v) is 16.3. The van der Waals surface area contributed by atoms with Gasteiger partial charge in [-0.15, -0.1) is 0 Å². The molecular formula is C37H53N3O6. The van der Waals surface area contributed by atoms with E-state index in [0.29, 0.717) is 18.4 Å². The minimum Gasteiger partial charge on any atom is -0.458 e. The van der Waals surface area contributed by atoms with Crippen molar-refractivity contribution in [1.82, 2.24) is 15.5 Å². The predicted molar refractivity (Wildman–Crippen MR) is 179 cm³/mol. The highest BCUT2D eigenvalue weighted by atomic mass is 16.6. The first-order chi connectivity index (χ1) is 21.3. The lowest BCUT2D eigenvalue weighted by molar-refractivity contribution is -0.159. The van der Waals surface area contributed by atoms with Crippen molar-refractivity contribution in [3.8, 4) is 0 Å². The highest BCUT2D eigenvalue weighted by Crippen LogP contribution is 2.41. The number of nitrogens with one attached hydrogen (secondary N) is 2. The molecule has 0 aromatic heterocycles. The van der Waals surface area contributed by atoms with E-state index in [0.717, 1.165) is 11.1 Å². The third-order valence-electron chi connectivity index (χ3n) is 7.55. The van der Waals surface area contributed by atoms with E-state index >= 15 is 0 Å². The molecule has 252 valence electrons. The maximum atomic E-state index is 14.6. The number of ether oxygens (including phenoxy) is 2. The van der Waals surface area contributed by atoms with E-state index < -0.39 is 47.3 Å². The van der Waals surface area contributed by atoms with Gasteiger partial charge in [0.25, 0.3) is 0 Å². The molecule has 0 aliphatic heterocycles. The lowest BCUT2D eigenvalue weighted by Gasteiger charge is -2.36. The second-order valence-electron chi connectivity index (χ2n) is 15.0. The van der Waals surface area contributed by atoms with Crippen LogP contribution in [0.4, 0.5) is 4.79 Å². The zero-order valence-electron chi connectivity index (χ0n) is 29.2. The third kappa shape index (κ3) is 11.2. The number of nitrogens with zero attached hydrogens (tertiary/aromatic N) is 1. The monoisotopic (exact) mass is 635 g/mol. The lowest BCUT2D eigenvalue weighted by Crippen LogP contribution is -2.56. The summed E-state index contributed by atoms with van der Waals surface area (Å²) in [6.07, 6.45) is 0.583. The largest absolute Gasteiger partial charge is 0.458 e. The van der Waals surface area contributed by atoms with Crippen LogP contribution in [-0.4, -0.2) is 58.1 Å². The number of aryl methyl sites for hydroxylation is 1. The first-order valence-electron chi connectivity index (χ1n) is 16.3. The van der Waals surface area contributed by atoms with Crippen LogP contribution in [0.3, 0.4) is 0 Å². The standard InChI is InChI=1S/C37H53N3O6/c1-23(2)19-28(39-35(44)46-37(8,9)10)33(42)40(30-21-25(30)4)31(27-18-14-15-24(3)20-27)32(41)38-29(34(43)45-36(5,6)7)22-26-16-12-11-13-17-26/h11-18,20,23,25,28-31H,19,21-22H2,1-10H3,(H,38,41)(H,39,44). The molecule has 0 spiro atoms. The van der Waals surface area contributed by atoms with Crippen molar-refractivity contribution in [2.75, 3.05) is 0 Å². The van der Waals surface area contributed by atoms with E-state index in [9.17, 15) is 19.2 Å². The molecule has 2 N–H and O–H groups in total. The van der Waals surface area contributed by atoms with E-state index in [2.05, 4.69) is 10.6 Å². The van der Waals surface area contributed by atoms with Crippen LogP contribution in [0.2, 0.25) is 0 Å². The van der Waals surface area contributed by atoms with E-state index in [1.54, 1.807) is 46.4 Å². The Labute approximate surface area is 274 Å². The van der Waals surface area contributed by atoms with Gasteiger partial charge >= 0.3 is 12.1 Å². The van der Waals surface area contributed by atoms with E-state index in [1.807, 2.05) is 82.3 Å². The SMILES string of the molecule is Cc1cccc(C(C(=O)NC(Cc2ccccc2)C(=O)OC(C)(C)C)N(C(=O)C(CC(C)C)NC(=O)OC(C)(C)C)C2CC2C)c1. The second kappa shape index (κ2) is 15.1. The van der Waals surface area contributed by atoms with E-state index in [1.165, 1.54) is 0 Å². The highest BCUT2D eigenvalue weighted by Gasteiger charge is 2.48. The van der Waals surface area contributed by atoms with Gasteiger partial charge in [-0.05, 0) is 84.3 Å². The summed E-state index contributed by atoms with van der Waals surface area (Å²) in [5.41, 5.74) is 0.876. The molecule has 9 heteroatoms. The van der Waals surface area contributed by atoms with Crippen molar-refractivity contribution in [3.05, 3.63) is 71.3 Å². The number of amides is 3. The van der Waals surface area contributed by atoms with Crippen LogP contribution < -0.4 is 10.6 Å². The Bertz CT molecular complexity index is 1360. The van der Waals surface area contributed by atoms with Gasteiger partial charge in [-0.3, -0.25) is 9.59 Å². The molecule has 9 nitrogen and oxygen atoms in total. The number of benzene rings is 2. The molecule has 0 bridgehead atoms. The van der Waals surface area contributed by atoms with Crippen molar-refractivity contribution in [2.24, 2.45) is 11.8 Å². The minimum absolute atomic E-state index is 0.0658. The molecule has 2 aromatic rings. The van der Waals surface area contributed by atoms with Gasteiger partial charge in [-0.2, -0.15) is 0 Å². The van der Waals surface area contributed by atoms with Crippen molar-refractivity contribution >= 4 is 23.9 Å². The van der Waals surface area contributed by atoms with Crippen LogP contribution in [0, 0.1) is 18.8 Å². The fraction of sp³-hybridized carbons (Fsp3) is 0.568. The lowest BCUT2D eigenvalue weighted by atomic mass is 9.97. The van der Waals surface area contributed by atoms with Crippen molar-refractivity contribution in [1.29, 1.82) is 0 Å². The number of hydrogen-bond donors (Lipinski definition) is 2. The quantitative estimate of drug-likeness (QED) is 0.265. The maximum absolute atomic E-state index is 14.6. The Balaban J connectivity index is 2.06. The van der Waals surface area contributed by atoms with E-state index in [-0.39, 0.29) is 30.2 Å². The summed E-state index contributed by atoms with van der Waals surface area (Å²) < 4.78 is 11.2. The Hall–Kier alpha value is -3.88. The molecule has 3 rings (SSSR count). The fourth-order valence-corrected chi connectivity index (χ4v) is 5.44. The summed E-state index contributed by atoms with van der Waals surface area (Å²) in [6.45, 7) is 18.5. The molecule has 0 radical (unpaired) electrons. The first kappa shape index (κ1) is 36.6. The van der Waals surface area contributed by atoms with Gasteiger partial charge in [0.2, 0.25) is 11.8 Å². The number of carbonyl (C=O) groups excluding carboxylic acids is 4. The van der Waals surface area contributed by atoms with Gasteiger partial charge in [0.15, 0.2) is 0 Å². The van der Waals surface area contributed by atoms with Crippen LogP contribution in [0.1, 0.15) is 97.9 Å². The Morgan fingerprint density at radius 2 is 1.48 bits per heavy atom. The Morgan fingerprint density at radius 3 is 2.00 bits per heavy atom. The van der Waals surface area contributed by atoms with Crippen LogP contribution in [0.15, 0.2) is 54.6 Å². The maximum Gasteiger partial charge on any atom is 0.408 e. The predicted octanol–water partition coefficient (Wildman–Crippen LogP) is 6.28. The van der Waals surface area contributed by atoms with Crippen LogP contribution in [0.5, 0.6) is 0 Å². The molecule has 0 heterocycles. The highest BCUT2D eigenvalue weighted by molar-refractivity contribution is 5.94. The van der Waals surface area contributed by atoms with Crippen molar-refractivity contribution in [2.45, 2.75) is 124 Å². The van der Waals surface area contributed by atoms with E-state index in [4.69, 9.17) is 9.47 Å². The van der Waals surface area contributed by atoms with Gasteiger partial charge < -0.3 is 25.0 Å². The fourth-order valence-electron chi connectivity index (χ4n) is 5.44. The molecule has 1 saturated carbocycles. The summed E-state index contributed by atoms with van der Waals surface area (Å²) in [5, 5.41) is 5.77. The van der Waals surface area contributed by atoms with Gasteiger partial charge in [0.05, 0.1) is 0 Å². The zero-order valence-corrected chi connectivity index (χ0v) is 29.2. The number of hydrogen-bond acceptors (Lipinski definition) is 6. The van der Waals surface area contributed by atoms with Gasteiger partial charge in [-0.25, -0.2) is 9.59 Å². The molecule has 2 aromatic carbocycles. The average Bonchev–Trinajstić information content (AvgIpc) is 3.64. The van der Waals surface area contributed by atoms with Gasteiger partial charge in [0, 0.05) is 12.5 Å². The summed E-state index contributed by atoms with van der Waals surface area (Å²) in [7, 11) is 0. The topological polar surface area (TPSA) is 114 Å². The molecule has 3 amide bonds. The van der Waals surface area contributed by atoms with Crippen LogP contribution in [0.25, 0.3) is 0 Å². The van der Waals surface area contributed by atoms with Crippen LogP contribution >= 0.6 is 0 Å². The van der Waals surface area contributed by atoms with Crippen molar-refractivity contribution in [3.63, 3.8) is 0 Å². The molecule has 5 unspecified atom stereocenters. The summed E-state index contributed by atoms with van der Waals surface area (Å²) in [5.74, 6) is -1.21. The molecule has 5 atom stereocenters. The normalized spacial score (nSPS) is 18.2. The molecule has 1 aliphatic rings. The molecular weight excluding hydrogens is 582 g/mol.